The van der Waals surface area contributed by atoms with Crippen LogP contribution in [0.25, 0.3) is 0 Å². The maximum atomic E-state index is 12.7. The molecular weight excluding hydrogens is 526 g/mol. The lowest BCUT2D eigenvalue weighted by molar-refractivity contribution is 0.102. The molecule has 1 amide bonds. The predicted molar refractivity (Wildman–Crippen MR) is 121 cm³/mol. The number of piperazine rings is 1. The van der Waals surface area contributed by atoms with Crippen LogP contribution >= 0.6 is 31.9 Å². The Bertz CT molecular complexity index is 1000. The van der Waals surface area contributed by atoms with Gasteiger partial charge in [0.25, 0.3) is 5.91 Å². The van der Waals surface area contributed by atoms with Crippen LogP contribution in [0.5, 0.6) is 5.75 Å². The topological polar surface area (TPSA) is 79.0 Å². The highest BCUT2D eigenvalue weighted by atomic mass is 79.9. The molecule has 0 atom stereocenters. The predicted octanol–water partition coefficient (Wildman–Crippen LogP) is 3.55. The molecule has 1 fully saturated rings. The fourth-order valence-electron chi connectivity index (χ4n) is 3.17. The van der Waals surface area contributed by atoms with Crippen LogP contribution in [-0.4, -0.2) is 58.2 Å². The molecule has 2 aromatic rings. The van der Waals surface area contributed by atoms with E-state index in [4.69, 9.17) is 4.74 Å². The molecule has 0 radical (unpaired) electrons. The van der Waals surface area contributed by atoms with Gasteiger partial charge in [-0.05, 0) is 52.3 Å². The quantitative estimate of drug-likeness (QED) is 0.620. The number of halogens is 2. The fraction of sp³-hybridized carbons (Fsp3) is 0.316. The lowest BCUT2D eigenvalue weighted by Crippen LogP contribution is -2.48. The van der Waals surface area contributed by atoms with Gasteiger partial charge < -0.3 is 15.0 Å². The van der Waals surface area contributed by atoms with E-state index < -0.39 is 10.0 Å². The minimum absolute atomic E-state index is 0.279. The number of sulfonamides is 1. The molecule has 0 aromatic heterocycles. The maximum Gasteiger partial charge on any atom is 0.259 e. The summed E-state index contributed by atoms with van der Waals surface area (Å²) in [4.78, 5) is 14.8. The average Bonchev–Trinajstić information content (AvgIpc) is 2.67. The summed E-state index contributed by atoms with van der Waals surface area (Å²) in [5, 5.41) is 2.88. The van der Waals surface area contributed by atoms with Crippen LogP contribution in [0.2, 0.25) is 0 Å². The Morgan fingerprint density at radius 3 is 2.24 bits per heavy atom. The third kappa shape index (κ3) is 5.30. The minimum atomic E-state index is -3.15. The van der Waals surface area contributed by atoms with E-state index in [1.165, 1.54) is 17.7 Å². The second-order valence-electron chi connectivity index (χ2n) is 6.62. The minimum Gasteiger partial charge on any atom is -0.495 e. The first-order valence-corrected chi connectivity index (χ1v) is 12.3. The first-order chi connectivity index (χ1) is 13.7. The second-order valence-corrected chi connectivity index (χ2v) is 10.4. The van der Waals surface area contributed by atoms with Gasteiger partial charge in [-0.2, -0.15) is 4.31 Å². The Morgan fingerprint density at radius 2 is 1.69 bits per heavy atom. The van der Waals surface area contributed by atoms with E-state index in [1.54, 1.807) is 6.07 Å². The number of hydrogen-bond acceptors (Lipinski definition) is 5. The summed E-state index contributed by atoms with van der Waals surface area (Å²) in [5.74, 6) is 0.185. The van der Waals surface area contributed by atoms with Gasteiger partial charge in [-0.1, -0.05) is 15.9 Å². The normalized spacial score (nSPS) is 15.2. The van der Waals surface area contributed by atoms with Gasteiger partial charge in [-0.3, -0.25) is 4.79 Å². The highest BCUT2D eigenvalue weighted by Gasteiger charge is 2.23. The zero-order valence-electron chi connectivity index (χ0n) is 16.0. The Morgan fingerprint density at radius 1 is 1.07 bits per heavy atom. The SMILES string of the molecule is COc1c(Br)cc(Br)cc1C(=O)Nc1ccc(N2CCN(S(C)(=O)=O)CC2)cc1. The third-order valence-corrected chi connectivity index (χ3v) is 7.01. The summed E-state index contributed by atoms with van der Waals surface area (Å²) < 4.78 is 31.5. The zero-order chi connectivity index (χ0) is 21.2. The Balaban J connectivity index is 1.68. The van der Waals surface area contributed by atoms with Crippen molar-refractivity contribution < 1.29 is 17.9 Å². The van der Waals surface area contributed by atoms with Gasteiger partial charge in [-0.25, -0.2) is 8.42 Å². The number of nitrogens with zero attached hydrogens (tertiary/aromatic N) is 2. The van der Waals surface area contributed by atoms with Crippen LogP contribution in [-0.2, 0) is 10.0 Å². The molecule has 3 rings (SSSR count). The summed E-state index contributed by atoms with van der Waals surface area (Å²) in [5.41, 5.74) is 2.06. The number of benzene rings is 2. The summed E-state index contributed by atoms with van der Waals surface area (Å²) in [6, 6.07) is 11.0. The number of hydrogen-bond donors (Lipinski definition) is 1. The van der Waals surface area contributed by atoms with Crippen LogP contribution in [0, 0.1) is 0 Å². The molecule has 29 heavy (non-hydrogen) atoms. The molecule has 0 unspecified atom stereocenters. The molecule has 0 bridgehead atoms. The van der Waals surface area contributed by atoms with Gasteiger partial charge in [0.05, 0.1) is 23.4 Å². The standard InChI is InChI=1S/C19H21Br2N3O4S/c1-28-18-16(11-13(20)12-17(18)21)19(25)22-14-3-5-15(6-4-14)23-7-9-24(10-8-23)29(2,26)27/h3-6,11-12H,7-10H2,1-2H3,(H,22,25). The van der Waals surface area contributed by atoms with E-state index in [9.17, 15) is 13.2 Å². The molecule has 7 nitrogen and oxygen atoms in total. The van der Waals surface area contributed by atoms with Gasteiger partial charge in [0.2, 0.25) is 10.0 Å². The summed E-state index contributed by atoms with van der Waals surface area (Å²) in [6.07, 6.45) is 1.24. The van der Waals surface area contributed by atoms with Gasteiger partial charge >= 0.3 is 0 Å². The molecule has 1 saturated heterocycles. The highest BCUT2D eigenvalue weighted by molar-refractivity contribution is 9.11. The molecule has 1 heterocycles. The van der Waals surface area contributed by atoms with Crippen LogP contribution in [0.3, 0.4) is 0 Å². The van der Waals surface area contributed by atoms with Crippen molar-refractivity contribution in [2.24, 2.45) is 0 Å². The second kappa shape index (κ2) is 9.03. The maximum absolute atomic E-state index is 12.7. The van der Waals surface area contributed by atoms with Crippen LogP contribution in [0.4, 0.5) is 11.4 Å². The molecule has 2 aromatic carbocycles. The number of anilines is 2. The lowest BCUT2D eigenvalue weighted by atomic mass is 10.1. The number of nitrogens with one attached hydrogen (secondary N) is 1. The van der Waals surface area contributed by atoms with E-state index in [0.29, 0.717) is 47.7 Å². The van der Waals surface area contributed by atoms with Gasteiger partial charge in [0, 0.05) is 42.0 Å². The van der Waals surface area contributed by atoms with Crippen molar-refractivity contribution in [3.8, 4) is 5.75 Å². The van der Waals surface area contributed by atoms with E-state index >= 15 is 0 Å². The van der Waals surface area contributed by atoms with E-state index in [-0.39, 0.29) is 5.91 Å². The largest absolute Gasteiger partial charge is 0.495 e. The number of ether oxygens (including phenoxy) is 1. The zero-order valence-corrected chi connectivity index (χ0v) is 20.0. The van der Waals surface area contributed by atoms with Gasteiger partial charge in [-0.15, -0.1) is 0 Å². The van der Waals surface area contributed by atoms with Crippen molar-refractivity contribution in [1.29, 1.82) is 0 Å². The van der Waals surface area contributed by atoms with Crippen molar-refractivity contribution in [2.45, 2.75) is 0 Å². The van der Waals surface area contributed by atoms with E-state index in [1.807, 2.05) is 30.3 Å². The summed E-state index contributed by atoms with van der Waals surface area (Å²) >= 11 is 6.79. The fourth-order valence-corrected chi connectivity index (χ4v) is 5.38. The summed E-state index contributed by atoms with van der Waals surface area (Å²) in [7, 11) is -1.63. The Labute approximate surface area is 187 Å². The number of carbonyl (C=O) groups excluding carboxylic acids is 1. The highest BCUT2D eigenvalue weighted by Crippen LogP contribution is 2.33. The third-order valence-electron chi connectivity index (χ3n) is 4.66. The van der Waals surface area contributed by atoms with Crippen molar-refractivity contribution >= 4 is 59.2 Å². The van der Waals surface area contributed by atoms with Crippen LogP contribution in [0.1, 0.15) is 10.4 Å². The first kappa shape index (κ1) is 22.1. The van der Waals surface area contributed by atoms with E-state index in [2.05, 4.69) is 42.1 Å². The number of amides is 1. The smallest absolute Gasteiger partial charge is 0.259 e. The molecule has 1 aliphatic heterocycles. The van der Waals surface area contributed by atoms with Crippen LogP contribution < -0.4 is 15.0 Å². The van der Waals surface area contributed by atoms with Crippen molar-refractivity contribution in [3.63, 3.8) is 0 Å². The van der Waals surface area contributed by atoms with Gasteiger partial charge in [0.15, 0.2) is 0 Å². The Hall–Kier alpha value is -1.62. The molecule has 1 aliphatic rings. The van der Waals surface area contributed by atoms with Crippen molar-refractivity contribution in [1.82, 2.24) is 4.31 Å². The van der Waals surface area contributed by atoms with Crippen molar-refractivity contribution in [3.05, 3.63) is 50.9 Å². The van der Waals surface area contributed by atoms with Crippen molar-refractivity contribution in [2.75, 3.05) is 49.8 Å². The molecule has 0 spiro atoms. The van der Waals surface area contributed by atoms with Gasteiger partial charge in [0.1, 0.15) is 5.75 Å². The molecule has 10 heteroatoms. The number of methoxy groups -OCH3 is 1. The monoisotopic (exact) mass is 545 g/mol. The molecule has 0 aliphatic carbocycles. The number of carbonyl (C=O) groups is 1. The summed E-state index contributed by atoms with van der Waals surface area (Å²) in [6.45, 7) is 2.19. The Kier molecular flexibility index (Phi) is 6.87. The lowest BCUT2D eigenvalue weighted by Gasteiger charge is -2.34. The number of rotatable bonds is 5. The molecule has 1 N–H and O–H groups in total. The van der Waals surface area contributed by atoms with Crippen LogP contribution in [0.15, 0.2) is 45.3 Å². The average molecular weight is 547 g/mol. The molecular formula is C19H21Br2N3O4S. The first-order valence-electron chi connectivity index (χ1n) is 8.83. The molecule has 156 valence electrons. The molecule has 0 saturated carbocycles. The van der Waals surface area contributed by atoms with E-state index in [0.717, 1.165) is 10.2 Å².